The van der Waals surface area contributed by atoms with Crippen molar-refractivity contribution in [1.82, 2.24) is 4.90 Å². The average Bonchev–Trinajstić information content (AvgIpc) is 2.46. The molecule has 2 rings (SSSR count). The number of carbonyl (C=O) groups is 1. The number of Topliss-reactive ketones (excluding diaryl/α,β-unsaturated/α-hetero) is 1. The zero-order chi connectivity index (χ0) is 15.4. The third-order valence-corrected chi connectivity index (χ3v) is 3.65. The smallest absolute Gasteiger partial charge is 0.293 e. The molecule has 0 radical (unpaired) electrons. The van der Waals surface area contributed by atoms with Crippen LogP contribution in [0.25, 0.3) is 0 Å². The Hall–Kier alpha value is -1.95. The van der Waals surface area contributed by atoms with Crippen molar-refractivity contribution in [1.29, 1.82) is 0 Å². The molecule has 0 saturated carbocycles. The molecule has 0 aromatic heterocycles. The van der Waals surface area contributed by atoms with Gasteiger partial charge in [0.15, 0.2) is 5.78 Å². The van der Waals surface area contributed by atoms with E-state index < -0.39 is 4.92 Å². The second kappa shape index (κ2) is 6.67. The van der Waals surface area contributed by atoms with Gasteiger partial charge in [-0.2, -0.15) is 0 Å². The number of carbonyl (C=O) groups excluding carboxylic acids is 1. The second-order valence-corrected chi connectivity index (χ2v) is 5.67. The number of benzene rings is 1. The average molecular weight is 291 g/mol. The van der Waals surface area contributed by atoms with E-state index in [0.717, 1.165) is 25.9 Å². The molecule has 1 fully saturated rings. The van der Waals surface area contributed by atoms with Gasteiger partial charge >= 0.3 is 0 Å². The van der Waals surface area contributed by atoms with Crippen LogP contribution in [0.3, 0.4) is 0 Å². The van der Waals surface area contributed by atoms with Gasteiger partial charge in [-0.05, 0) is 45.5 Å². The van der Waals surface area contributed by atoms with Crippen molar-refractivity contribution in [2.75, 3.05) is 38.6 Å². The van der Waals surface area contributed by atoms with Crippen molar-refractivity contribution in [3.8, 4) is 0 Å². The molecule has 114 valence electrons. The SMILES string of the molecule is CN(C)CC(=O)c1ccc(N2CCCCC2)c([N+](=O)[O-])c1. The van der Waals surface area contributed by atoms with Crippen LogP contribution >= 0.6 is 0 Å². The Labute approximate surface area is 124 Å². The highest BCUT2D eigenvalue weighted by Crippen LogP contribution is 2.31. The lowest BCUT2D eigenvalue weighted by Crippen LogP contribution is -2.30. The van der Waals surface area contributed by atoms with Gasteiger partial charge in [0.2, 0.25) is 0 Å². The molecule has 0 bridgehead atoms. The molecule has 1 aromatic carbocycles. The maximum atomic E-state index is 12.0. The van der Waals surface area contributed by atoms with Gasteiger partial charge in [-0.15, -0.1) is 0 Å². The highest BCUT2D eigenvalue weighted by molar-refractivity contribution is 5.98. The minimum atomic E-state index is -0.392. The Bertz CT molecular complexity index is 537. The first-order valence-electron chi connectivity index (χ1n) is 7.20. The summed E-state index contributed by atoms with van der Waals surface area (Å²) in [7, 11) is 3.60. The van der Waals surface area contributed by atoms with E-state index in [1.165, 1.54) is 12.5 Å². The lowest BCUT2D eigenvalue weighted by atomic mass is 10.1. The van der Waals surface area contributed by atoms with E-state index in [4.69, 9.17) is 0 Å². The van der Waals surface area contributed by atoms with Crippen LogP contribution in [0.5, 0.6) is 0 Å². The van der Waals surface area contributed by atoms with E-state index in [0.29, 0.717) is 11.3 Å². The molecular weight excluding hydrogens is 270 g/mol. The zero-order valence-corrected chi connectivity index (χ0v) is 12.5. The lowest BCUT2D eigenvalue weighted by Gasteiger charge is -2.28. The molecule has 0 atom stereocenters. The minimum Gasteiger partial charge on any atom is -0.366 e. The van der Waals surface area contributed by atoms with Crippen molar-refractivity contribution in [2.24, 2.45) is 0 Å². The zero-order valence-electron chi connectivity index (χ0n) is 12.5. The molecular formula is C15H21N3O3. The van der Waals surface area contributed by atoms with E-state index >= 15 is 0 Å². The van der Waals surface area contributed by atoms with Crippen molar-refractivity contribution >= 4 is 17.2 Å². The second-order valence-electron chi connectivity index (χ2n) is 5.67. The number of likely N-dealkylation sites (N-methyl/N-ethyl adjacent to an activating group) is 1. The van der Waals surface area contributed by atoms with Crippen LogP contribution in [0.4, 0.5) is 11.4 Å². The van der Waals surface area contributed by atoms with Gasteiger partial charge in [-0.1, -0.05) is 0 Å². The van der Waals surface area contributed by atoms with E-state index in [-0.39, 0.29) is 18.0 Å². The first kappa shape index (κ1) is 15.4. The summed E-state index contributed by atoms with van der Waals surface area (Å²) in [6.07, 6.45) is 3.28. The number of hydrogen-bond acceptors (Lipinski definition) is 5. The van der Waals surface area contributed by atoms with Crippen LogP contribution in [0, 0.1) is 10.1 Å². The molecule has 1 heterocycles. The molecule has 1 saturated heterocycles. The fourth-order valence-electron chi connectivity index (χ4n) is 2.62. The van der Waals surface area contributed by atoms with Crippen molar-refractivity contribution in [3.05, 3.63) is 33.9 Å². The maximum absolute atomic E-state index is 12.0. The third-order valence-electron chi connectivity index (χ3n) is 3.65. The monoisotopic (exact) mass is 291 g/mol. The standard InChI is InChI=1S/C15H21N3O3/c1-16(2)11-15(19)12-6-7-13(14(10-12)18(20)21)17-8-4-3-5-9-17/h6-7,10H,3-5,8-9,11H2,1-2H3. The number of piperidine rings is 1. The van der Waals surface area contributed by atoms with E-state index in [1.807, 2.05) is 4.90 Å². The van der Waals surface area contributed by atoms with Crippen molar-refractivity contribution < 1.29 is 9.72 Å². The third kappa shape index (κ3) is 3.78. The Morgan fingerprint density at radius 2 is 1.95 bits per heavy atom. The van der Waals surface area contributed by atoms with Gasteiger partial charge in [0.25, 0.3) is 5.69 Å². The van der Waals surface area contributed by atoms with Gasteiger partial charge in [0.05, 0.1) is 11.5 Å². The van der Waals surface area contributed by atoms with Gasteiger partial charge in [0.1, 0.15) is 5.69 Å². The molecule has 1 aliphatic heterocycles. The molecule has 21 heavy (non-hydrogen) atoms. The van der Waals surface area contributed by atoms with Gasteiger partial charge in [-0.3, -0.25) is 14.9 Å². The lowest BCUT2D eigenvalue weighted by molar-refractivity contribution is -0.384. The van der Waals surface area contributed by atoms with Crippen LogP contribution < -0.4 is 4.90 Å². The Kier molecular flexibility index (Phi) is 4.90. The molecule has 0 N–H and O–H groups in total. The minimum absolute atomic E-state index is 0.0292. The van der Waals surface area contributed by atoms with E-state index in [2.05, 4.69) is 0 Å². The molecule has 0 aliphatic carbocycles. The molecule has 6 heteroatoms. The largest absolute Gasteiger partial charge is 0.366 e. The van der Waals surface area contributed by atoms with Crippen LogP contribution in [0.2, 0.25) is 0 Å². The number of hydrogen-bond donors (Lipinski definition) is 0. The number of rotatable bonds is 5. The van der Waals surface area contributed by atoms with Crippen LogP contribution in [-0.4, -0.2) is 49.3 Å². The Morgan fingerprint density at radius 3 is 2.52 bits per heavy atom. The summed E-state index contributed by atoms with van der Waals surface area (Å²) in [5, 5.41) is 11.3. The van der Waals surface area contributed by atoms with Gasteiger partial charge < -0.3 is 9.80 Å². The summed E-state index contributed by atoms with van der Waals surface area (Å²) < 4.78 is 0. The fraction of sp³-hybridized carbons (Fsp3) is 0.533. The summed E-state index contributed by atoms with van der Waals surface area (Å²) in [5.41, 5.74) is 1.05. The summed E-state index contributed by atoms with van der Waals surface area (Å²) in [5.74, 6) is -0.103. The molecule has 1 aliphatic rings. The van der Waals surface area contributed by atoms with Crippen LogP contribution in [0.1, 0.15) is 29.6 Å². The van der Waals surface area contributed by atoms with Gasteiger partial charge in [0, 0.05) is 24.7 Å². The van der Waals surface area contributed by atoms with Crippen LogP contribution in [-0.2, 0) is 0 Å². The highest BCUT2D eigenvalue weighted by atomic mass is 16.6. The first-order chi connectivity index (χ1) is 9.99. The highest BCUT2D eigenvalue weighted by Gasteiger charge is 2.23. The molecule has 1 aromatic rings. The summed E-state index contributed by atoms with van der Waals surface area (Å²) in [4.78, 5) is 26.8. The summed E-state index contributed by atoms with van der Waals surface area (Å²) in [6.45, 7) is 1.93. The van der Waals surface area contributed by atoms with Crippen molar-refractivity contribution in [3.63, 3.8) is 0 Å². The predicted molar refractivity (Wildman–Crippen MR) is 82.0 cm³/mol. The number of nitro benzene ring substituents is 1. The van der Waals surface area contributed by atoms with Crippen molar-refractivity contribution in [2.45, 2.75) is 19.3 Å². The number of ketones is 1. The molecule has 0 unspecified atom stereocenters. The first-order valence-corrected chi connectivity index (χ1v) is 7.20. The van der Waals surface area contributed by atoms with E-state index in [9.17, 15) is 14.9 Å². The van der Waals surface area contributed by atoms with Crippen LogP contribution in [0.15, 0.2) is 18.2 Å². The quantitative estimate of drug-likeness (QED) is 0.473. The summed E-state index contributed by atoms with van der Waals surface area (Å²) in [6, 6.07) is 4.82. The topological polar surface area (TPSA) is 66.7 Å². The Morgan fingerprint density at radius 1 is 1.29 bits per heavy atom. The normalized spacial score (nSPS) is 15.3. The number of anilines is 1. The maximum Gasteiger partial charge on any atom is 0.293 e. The number of nitro groups is 1. The predicted octanol–water partition coefficient (Wildman–Crippen LogP) is 2.33. The van der Waals surface area contributed by atoms with Gasteiger partial charge in [-0.25, -0.2) is 0 Å². The molecule has 0 amide bonds. The molecule has 0 spiro atoms. The fourth-order valence-corrected chi connectivity index (χ4v) is 2.62. The number of nitrogens with zero attached hydrogens (tertiary/aromatic N) is 3. The Balaban J connectivity index is 2.30. The van der Waals surface area contributed by atoms with E-state index in [1.54, 1.807) is 31.1 Å². The molecule has 6 nitrogen and oxygen atoms in total. The summed E-state index contributed by atoms with van der Waals surface area (Å²) >= 11 is 0.